The molecule has 2 aromatic carbocycles. The molecule has 2 N–H and O–H groups in total. The van der Waals surface area contributed by atoms with E-state index in [1.807, 2.05) is 18.2 Å². The second-order valence-electron chi connectivity index (χ2n) is 8.16. The number of cyclic esters (lactones) is 1. The van der Waals surface area contributed by atoms with Gasteiger partial charge in [0, 0.05) is 11.4 Å². The molecule has 0 radical (unpaired) electrons. The number of carbonyl (C=O) groups is 2. The summed E-state index contributed by atoms with van der Waals surface area (Å²) < 4.78 is 5.07. The molecule has 146 valence electrons. The largest absolute Gasteiger partial charge is 0.478 e. The lowest BCUT2D eigenvalue weighted by Gasteiger charge is -2.39. The van der Waals surface area contributed by atoms with Crippen molar-refractivity contribution in [3.63, 3.8) is 0 Å². The Hall–Kier alpha value is -3.02. The minimum atomic E-state index is -0.915. The standard InChI is InChI=1S/C22H24N2O4/c1-13-4-6-15(24-8-9-28-21(24)27)11-16(13)19-12-22(2,3)17-10-14(20(25)26)5-7-18(17)23-19/h4-7,10-11,19,23H,8-9,12H2,1-3H3,(H,25,26). The average molecular weight is 380 g/mol. The van der Waals surface area contributed by atoms with E-state index in [4.69, 9.17) is 4.74 Å². The van der Waals surface area contributed by atoms with Gasteiger partial charge < -0.3 is 15.2 Å². The molecular weight excluding hydrogens is 356 g/mol. The molecule has 0 bridgehead atoms. The number of aromatic carboxylic acids is 1. The zero-order valence-electron chi connectivity index (χ0n) is 16.3. The van der Waals surface area contributed by atoms with Gasteiger partial charge in [-0.3, -0.25) is 4.90 Å². The summed E-state index contributed by atoms with van der Waals surface area (Å²) in [5, 5.41) is 12.9. The molecule has 1 fully saturated rings. The van der Waals surface area contributed by atoms with Crippen LogP contribution in [0.15, 0.2) is 36.4 Å². The number of anilines is 2. The molecule has 2 aromatic rings. The first-order valence-corrected chi connectivity index (χ1v) is 9.45. The van der Waals surface area contributed by atoms with Crippen LogP contribution in [0.4, 0.5) is 16.2 Å². The van der Waals surface area contributed by atoms with Gasteiger partial charge in [-0.15, -0.1) is 0 Å². The van der Waals surface area contributed by atoms with Crippen molar-refractivity contribution < 1.29 is 19.4 Å². The van der Waals surface area contributed by atoms with Gasteiger partial charge in [0.05, 0.1) is 18.2 Å². The maximum Gasteiger partial charge on any atom is 0.414 e. The number of hydrogen-bond acceptors (Lipinski definition) is 4. The van der Waals surface area contributed by atoms with Crippen LogP contribution in [0.25, 0.3) is 0 Å². The second-order valence-corrected chi connectivity index (χ2v) is 8.16. The van der Waals surface area contributed by atoms with Gasteiger partial charge in [0.2, 0.25) is 0 Å². The maximum absolute atomic E-state index is 11.9. The Balaban J connectivity index is 1.71. The quantitative estimate of drug-likeness (QED) is 0.820. The van der Waals surface area contributed by atoms with Gasteiger partial charge in [-0.25, -0.2) is 9.59 Å². The summed E-state index contributed by atoms with van der Waals surface area (Å²) in [5.74, 6) is -0.915. The number of amides is 1. The Morgan fingerprint density at radius 3 is 2.71 bits per heavy atom. The highest BCUT2D eigenvalue weighted by Gasteiger charge is 2.35. The number of nitrogens with zero attached hydrogens (tertiary/aromatic N) is 1. The normalized spacial score (nSPS) is 20.3. The molecule has 1 amide bonds. The number of fused-ring (bicyclic) bond motifs is 1. The van der Waals surface area contributed by atoms with Gasteiger partial charge >= 0.3 is 12.1 Å². The molecule has 4 rings (SSSR count). The molecule has 1 unspecified atom stereocenters. The van der Waals surface area contributed by atoms with Crippen LogP contribution >= 0.6 is 0 Å². The Morgan fingerprint density at radius 2 is 2.04 bits per heavy atom. The number of aryl methyl sites for hydroxylation is 1. The monoisotopic (exact) mass is 380 g/mol. The lowest BCUT2D eigenvalue weighted by molar-refractivity contribution is 0.0696. The summed E-state index contributed by atoms with van der Waals surface area (Å²) in [6, 6.07) is 11.4. The smallest absolute Gasteiger partial charge is 0.414 e. The molecule has 2 heterocycles. The Morgan fingerprint density at radius 1 is 1.25 bits per heavy atom. The molecule has 6 nitrogen and oxygen atoms in total. The number of rotatable bonds is 3. The summed E-state index contributed by atoms with van der Waals surface area (Å²) in [5.41, 5.74) is 5.21. The summed E-state index contributed by atoms with van der Waals surface area (Å²) in [6.07, 6.45) is 0.510. The first-order chi connectivity index (χ1) is 13.3. The summed E-state index contributed by atoms with van der Waals surface area (Å²) >= 11 is 0. The van der Waals surface area contributed by atoms with Crippen molar-refractivity contribution in [1.29, 1.82) is 0 Å². The van der Waals surface area contributed by atoms with Gasteiger partial charge in [-0.1, -0.05) is 19.9 Å². The minimum Gasteiger partial charge on any atom is -0.478 e. The van der Waals surface area contributed by atoms with E-state index in [-0.39, 0.29) is 17.6 Å². The molecule has 6 heteroatoms. The Labute approximate surface area is 164 Å². The Kier molecular flexibility index (Phi) is 4.29. The lowest BCUT2D eigenvalue weighted by Crippen LogP contribution is -2.32. The van der Waals surface area contributed by atoms with E-state index < -0.39 is 5.97 Å². The zero-order chi connectivity index (χ0) is 20.1. The number of nitrogens with one attached hydrogen (secondary N) is 1. The maximum atomic E-state index is 11.9. The second kappa shape index (κ2) is 6.55. The first-order valence-electron chi connectivity index (χ1n) is 9.45. The van der Waals surface area contributed by atoms with Crippen LogP contribution in [0, 0.1) is 6.92 Å². The Bertz CT molecular complexity index is 967. The van der Waals surface area contributed by atoms with Crippen molar-refractivity contribution in [3.8, 4) is 0 Å². The highest BCUT2D eigenvalue weighted by Crippen LogP contribution is 2.45. The number of carboxylic acids is 1. The molecule has 2 aliphatic heterocycles. The number of carbonyl (C=O) groups excluding carboxylic acids is 1. The van der Waals surface area contributed by atoms with Crippen LogP contribution in [0.5, 0.6) is 0 Å². The lowest BCUT2D eigenvalue weighted by atomic mass is 9.73. The molecule has 0 saturated carbocycles. The van der Waals surface area contributed by atoms with Gasteiger partial charge in [0.1, 0.15) is 6.61 Å². The molecule has 1 atom stereocenters. The van der Waals surface area contributed by atoms with Gasteiger partial charge in [-0.05, 0) is 65.8 Å². The molecule has 0 aliphatic carbocycles. The van der Waals surface area contributed by atoms with Crippen LogP contribution in [-0.4, -0.2) is 30.3 Å². The number of carboxylic acid groups (broad SMARTS) is 1. The SMILES string of the molecule is Cc1ccc(N2CCOC2=O)cc1C1CC(C)(C)c2cc(C(=O)O)ccc2N1. The topological polar surface area (TPSA) is 78.9 Å². The van der Waals surface area contributed by atoms with Gasteiger partial charge in [-0.2, -0.15) is 0 Å². The number of hydrogen-bond donors (Lipinski definition) is 2. The highest BCUT2D eigenvalue weighted by molar-refractivity contribution is 5.90. The fraction of sp³-hybridized carbons (Fsp3) is 0.364. The van der Waals surface area contributed by atoms with Crippen molar-refractivity contribution >= 4 is 23.4 Å². The van der Waals surface area contributed by atoms with Crippen LogP contribution in [-0.2, 0) is 10.2 Å². The van der Waals surface area contributed by atoms with E-state index >= 15 is 0 Å². The number of benzene rings is 2. The van der Waals surface area contributed by atoms with E-state index in [1.165, 1.54) is 0 Å². The fourth-order valence-corrected chi connectivity index (χ4v) is 4.21. The average Bonchev–Trinajstić information content (AvgIpc) is 3.07. The summed E-state index contributed by atoms with van der Waals surface area (Å²) in [4.78, 5) is 25.0. The van der Waals surface area contributed by atoms with Crippen molar-refractivity contribution in [1.82, 2.24) is 0 Å². The molecular formula is C22H24N2O4. The van der Waals surface area contributed by atoms with Crippen LogP contribution in [0.1, 0.15) is 53.4 Å². The zero-order valence-corrected chi connectivity index (χ0v) is 16.3. The van der Waals surface area contributed by atoms with E-state index in [2.05, 4.69) is 32.2 Å². The molecule has 1 saturated heterocycles. The van der Waals surface area contributed by atoms with Gasteiger partial charge in [0.25, 0.3) is 0 Å². The van der Waals surface area contributed by atoms with Crippen molar-refractivity contribution in [2.24, 2.45) is 0 Å². The third kappa shape index (κ3) is 3.09. The third-order valence-electron chi connectivity index (χ3n) is 5.75. The molecule has 0 aromatic heterocycles. The van der Waals surface area contributed by atoms with Crippen LogP contribution in [0.3, 0.4) is 0 Å². The predicted octanol–water partition coefficient (Wildman–Crippen LogP) is 4.48. The minimum absolute atomic E-state index is 0.0664. The van der Waals surface area contributed by atoms with Crippen molar-refractivity contribution in [2.75, 3.05) is 23.4 Å². The van der Waals surface area contributed by atoms with E-state index in [1.54, 1.807) is 17.0 Å². The predicted molar refractivity (Wildman–Crippen MR) is 107 cm³/mol. The van der Waals surface area contributed by atoms with Crippen LogP contribution in [0.2, 0.25) is 0 Å². The summed E-state index contributed by atoms with van der Waals surface area (Å²) in [7, 11) is 0. The van der Waals surface area contributed by atoms with Crippen LogP contribution < -0.4 is 10.2 Å². The molecule has 28 heavy (non-hydrogen) atoms. The van der Waals surface area contributed by atoms with E-state index in [0.717, 1.165) is 34.5 Å². The molecule has 0 spiro atoms. The van der Waals surface area contributed by atoms with Crippen molar-refractivity contribution in [2.45, 2.75) is 38.6 Å². The first kappa shape index (κ1) is 18.3. The van der Waals surface area contributed by atoms with Crippen molar-refractivity contribution in [3.05, 3.63) is 58.7 Å². The third-order valence-corrected chi connectivity index (χ3v) is 5.75. The van der Waals surface area contributed by atoms with E-state index in [0.29, 0.717) is 18.7 Å². The fourth-order valence-electron chi connectivity index (χ4n) is 4.21. The van der Waals surface area contributed by atoms with E-state index in [9.17, 15) is 14.7 Å². The summed E-state index contributed by atoms with van der Waals surface area (Å²) in [6.45, 7) is 7.32. The highest BCUT2D eigenvalue weighted by atomic mass is 16.6. The van der Waals surface area contributed by atoms with Gasteiger partial charge in [0.15, 0.2) is 0 Å². The number of ether oxygens (including phenoxy) is 1. The molecule has 2 aliphatic rings.